The van der Waals surface area contributed by atoms with E-state index in [2.05, 4.69) is 50.2 Å². The molecule has 110 valence electrons. The first-order chi connectivity index (χ1) is 10.4. The van der Waals surface area contributed by atoms with E-state index in [1.54, 1.807) is 6.33 Å². The largest absolute Gasteiger partial charge is 0.327 e. The molecular formula is C15H20N6. The van der Waals surface area contributed by atoms with Crippen LogP contribution in [0.1, 0.15) is 25.0 Å². The highest BCUT2D eigenvalue weighted by atomic mass is 15.2. The predicted molar refractivity (Wildman–Crippen MR) is 81.8 cm³/mol. The second-order valence-corrected chi connectivity index (χ2v) is 4.97. The molecule has 0 aliphatic rings. The predicted octanol–water partition coefficient (Wildman–Crippen LogP) is 1.90. The van der Waals surface area contributed by atoms with Crippen LogP contribution < -0.4 is 5.32 Å². The van der Waals surface area contributed by atoms with Crippen LogP contribution in [0.25, 0.3) is 11.0 Å². The lowest BCUT2D eigenvalue weighted by atomic mass is 10.3. The number of imidazole rings is 1. The van der Waals surface area contributed by atoms with E-state index in [0.29, 0.717) is 0 Å². The van der Waals surface area contributed by atoms with Gasteiger partial charge in [0, 0.05) is 13.0 Å². The summed E-state index contributed by atoms with van der Waals surface area (Å²) in [4.78, 5) is 8.82. The molecule has 6 heteroatoms. The first-order valence-corrected chi connectivity index (χ1v) is 7.37. The Morgan fingerprint density at radius 1 is 1.29 bits per heavy atom. The Hall–Kier alpha value is -2.21. The van der Waals surface area contributed by atoms with Crippen molar-refractivity contribution in [3.8, 4) is 0 Å². The fraction of sp³-hybridized carbons (Fsp3) is 0.400. The van der Waals surface area contributed by atoms with Crippen LogP contribution in [-0.4, -0.2) is 31.3 Å². The van der Waals surface area contributed by atoms with Gasteiger partial charge < -0.3 is 9.88 Å². The average Bonchev–Trinajstić information content (AvgIpc) is 3.13. The van der Waals surface area contributed by atoms with Gasteiger partial charge in [0.05, 0.1) is 17.6 Å². The van der Waals surface area contributed by atoms with Crippen molar-refractivity contribution in [2.24, 2.45) is 0 Å². The highest BCUT2D eigenvalue weighted by molar-refractivity contribution is 5.75. The van der Waals surface area contributed by atoms with Crippen LogP contribution in [0.5, 0.6) is 0 Å². The molecule has 6 nitrogen and oxygen atoms in total. The summed E-state index contributed by atoms with van der Waals surface area (Å²) < 4.78 is 2.26. The zero-order valence-electron chi connectivity index (χ0n) is 12.2. The summed E-state index contributed by atoms with van der Waals surface area (Å²) in [6.45, 7) is 4.82. The second-order valence-electron chi connectivity index (χ2n) is 4.97. The first-order valence-electron chi connectivity index (χ1n) is 7.37. The minimum absolute atomic E-state index is 0.791. The maximum atomic E-state index is 4.70. The highest BCUT2D eigenvalue weighted by Gasteiger charge is 2.08. The van der Waals surface area contributed by atoms with E-state index in [1.807, 2.05) is 6.07 Å². The van der Waals surface area contributed by atoms with Gasteiger partial charge in [-0.2, -0.15) is 5.10 Å². The van der Waals surface area contributed by atoms with Crippen molar-refractivity contribution in [3.63, 3.8) is 0 Å². The van der Waals surface area contributed by atoms with Crippen LogP contribution in [0.4, 0.5) is 0 Å². The van der Waals surface area contributed by atoms with Crippen LogP contribution in [0.3, 0.4) is 0 Å². The molecule has 0 atom stereocenters. The topological polar surface area (TPSA) is 71.4 Å². The van der Waals surface area contributed by atoms with Crippen LogP contribution in [0.2, 0.25) is 0 Å². The number of nitrogens with one attached hydrogen (secondary N) is 2. The third-order valence-corrected chi connectivity index (χ3v) is 3.56. The Morgan fingerprint density at radius 3 is 3.00 bits per heavy atom. The number of aromatic nitrogens is 5. The number of hydrogen-bond acceptors (Lipinski definition) is 4. The Kier molecular flexibility index (Phi) is 4.25. The molecule has 0 spiro atoms. The monoisotopic (exact) mass is 284 g/mol. The summed E-state index contributed by atoms with van der Waals surface area (Å²) in [6, 6.07) is 8.28. The van der Waals surface area contributed by atoms with E-state index in [-0.39, 0.29) is 0 Å². The molecule has 0 aliphatic carbocycles. The minimum Gasteiger partial charge on any atom is -0.327 e. The van der Waals surface area contributed by atoms with Gasteiger partial charge >= 0.3 is 0 Å². The molecule has 0 radical (unpaired) electrons. The lowest BCUT2D eigenvalue weighted by Gasteiger charge is -2.07. The molecule has 3 rings (SSSR count). The van der Waals surface area contributed by atoms with Gasteiger partial charge in [0.1, 0.15) is 18.0 Å². The van der Waals surface area contributed by atoms with Crippen LogP contribution in [-0.2, 0) is 19.5 Å². The molecule has 21 heavy (non-hydrogen) atoms. The second kappa shape index (κ2) is 6.49. The Balaban J connectivity index is 1.55. The molecule has 0 saturated heterocycles. The van der Waals surface area contributed by atoms with Crippen LogP contribution in [0.15, 0.2) is 30.6 Å². The summed E-state index contributed by atoms with van der Waals surface area (Å²) in [5.74, 6) is 2.04. The molecule has 2 heterocycles. The van der Waals surface area contributed by atoms with Crippen molar-refractivity contribution >= 4 is 11.0 Å². The van der Waals surface area contributed by atoms with Crippen LogP contribution in [0, 0.1) is 0 Å². The van der Waals surface area contributed by atoms with Gasteiger partial charge in [0.2, 0.25) is 0 Å². The molecular weight excluding hydrogens is 264 g/mol. The maximum Gasteiger partial charge on any atom is 0.137 e. The number of rotatable bonds is 7. The van der Waals surface area contributed by atoms with Crippen molar-refractivity contribution in [3.05, 3.63) is 42.2 Å². The van der Waals surface area contributed by atoms with Gasteiger partial charge in [-0.15, -0.1) is 0 Å². The molecule has 1 aromatic carbocycles. The molecule has 0 amide bonds. The average molecular weight is 284 g/mol. The van der Waals surface area contributed by atoms with Gasteiger partial charge in [-0.1, -0.05) is 12.1 Å². The number of hydrogen-bond donors (Lipinski definition) is 2. The van der Waals surface area contributed by atoms with E-state index in [9.17, 15) is 0 Å². The van der Waals surface area contributed by atoms with Gasteiger partial charge in [-0.25, -0.2) is 9.97 Å². The van der Waals surface area contributed by atoms with Crippen LogP contribution >= 0.6 is 0 Å². The van der Waals surface area contributed by atoms with E-state index < -0.39 is 0 Å². The third-order valence-electron chi connectivity index (χ3n) is 3.56. The molecule has 2 aromatic heterocycles. The summed E-state index contributed by atoms with van der Waals surface area (Å²) in [7, 11) is 0. The Morgan fingerprint density at radius 2 is 2.19 bits per heavy atom. The quantitative estimate of drug-likeness (QED) is 0.650. The fourth-order valence-corrected chi connectivity index (χ4v) is 2.55. The van der Waals surface area contributed by atoms with E-state index >= 15 is 0 Å². The number of nitrogens with zero attached hydrogens (tertiary/aromatic N) is 4. The van der Waals surface area contributed by atoms with E-state index in [1.165, 1.54) is 5.52 Å². The standard InChI is InChI=1S/C15H20N6/c1-2-21-13-7-4-3-6-12(13)19-15(21)10-16-9-5-8-14-17-11-18-20-14/h3-4,6-7,11,16H,2,5,8-10H2,1H3,(H,17,18,20). The number of aryl methyl sites for hydroxylation is 2. The van der Waals surface area contributed by atoms with Crippen molar-refractivity contribution in [2.45, 2.75) is 32.9 Å². The van der Waals surface area contributed by atoms with Gasteiger partial charge in [0.25, 0.3) is 0 Å². The molecule has 0 fully saturated rings. The summed E-state index contributed by atoms with van der Waals surface area (Å²) >= 11 is 0. The molecule has 3 aromatic rings. The maximum absolute atomic E-state index is 4.70. The van der Waals surface area contributed by atoms with E-state index in [0.717, 1.165) is 49.6 Å². The lowest BCUT2D eigenvalue weighted by molar-refractivity contribution is 0.597. The molecule has 0 unspecified atom stereocenters. The Labute approximate surface area is 123 Å². The van der Waals surface area contributed by atoms with E-state index in [4.69, 9.17) is 4.98 Å². The van der Waals surface area contributed by atoms with Crippen molar-refractivity contribution in [1.29, 1.82) is 0 Å². The fourth-order valence-electron chi connectivity index (χ4n) is 2.55. The lowest BCUT2D eigenvalue weighted by Crippen LogP contribution is -2.18. The van der Waals surface area contributed by atoms with Crippen molar-refractivity contribution in [2.75, 3.05) is 6.54 Å². The van der Waals surface area contributed by atoms with Crippen molar-refractivity contribution < 1.29 is 0 Å². The zero-order valence-corrected chi connectivity index (χ0v) is 12.2. The minimum atomic E-state index is 0.791. The summed E-state index contributed by atoms with van der Waals surface area (Å²) in [6.07, 6.45) is 3.49. The van der Waals surface area contributed by atoms with Gasteiger partial charge in [-0.3, -0.25) is 5.10 Å². The highest BCUT2D eigenvalue weighted by Crippen LogP contribution is 2.15. The van der Waals surface area contributed by atoms with Crippen molar-refractivity contribution in [1.82, 2.24) is 30.0 Å². The first kappa shape index (κ1) is 13.8. The van der Waals surface area contributed by atoms with Gasteiger partial charge in [-0.05, 0) is 32.0 Å². The van der Waals surface area contributed by atoms with Gasteiger partial charge in [0.15, 0.2) is 0 Å². The number of fused-ring (bicyclic) bond motifs is 1. The zero-order chi connectivity index (χ0) is 14.5. The molecule has 0 saturated carbocycles. The Bertz CT molecular complexity index is 685. The molecule has 0 bridgehead atoms. The molecule has 2 N–H and O–H groups in total. The number of aromatic amines is 1. The SMILES string of the molecule is CCn1c(CNCCCc2ncn[nH]2)nc2ccccc21. The number of H-pyrrole nitrogens is 1. The number of para-hydroxylation sites is 2. The molecule has 0 aliphatic heterocycles. The summed E-state index contributed by atoms with van der Waals surface area (Å²) in [5, 5.41) is 10.2. The normalized spacial score (nSPS) is 11.3. The summed E-state index contributed by atoms with van der Waals surface area (Å²) in [5.41, 5.74) is 2.27. The smallest absolute Gasteiger partial charge is 0.137 e. The third kappa shape index (κ3) is 3.11. The number of benzene rings is 1.